The van der Waals surface area contributed by atoms with Gasteiger partial charge in [-0.05, 0) is 30.7 Å². The summed E-state index contributed by atoms with van der Waals surface area (Å²) in [6, 6.07) is 10.2. The minimum atomic E-state index is -0.347. The number of hydrogen-bond donors (Lipinski definition) is 0. The van der Waals surface area contributed by atoms with E-state index in [1.807, 2.05) is 25.1 Å². The predicted molar refractivity (Wildman–Crippen MR) is 72.5 cm³/mol. The number of esters is 2. The molecule has 102 valence electrons. The monoisotopic (exact) mass is 260 g/mol. The molecule has 1 saturated heterocycles. The molecular formula is C16H20O3. The van der Waals surface area contributed by atoms with Crippen molar-refractivity contribution < 1.29 is 14.3 Å². The van der Waals surface area contributed by atoms with E-state index < -0.39 is 0 Å². The van der Waals surface area contributed by atoms with Crippen LogP contribution in [-0.4, -0.2) is 11.9 Å². The molecular weight excluding hydrogens is 240 g/mol. The van der Waals surface area contributed by atoms with Crippen LogP contribution in [0.3, 0.4) is 0 Å². The Kier molecular flexibility index (Phi) is 4.35. The van der Waals surface area contributed by atoms with Crippen LogP contribution in [0.4, 0.5) is 0 Å². The molecule has 0 amide bonds. The summed E-state index contributed by atoms with van der Waals surface area (Å²) < 4.78 is 4.78. The zero-order valence-corrected chi connectivity index (χ0v) is 11.5. The van der Waals surface area contributed by atoms with E-state index in [1.54, 1.807) is 0 Å². The number of ether oxygens (including phenoxy) is 1. The molecule has 1 fully saturated rings. The third kappa shape index (κ3) is 2.86. The first kappa shape index (κ1) is 13.8. The molecule has 1 aliphatic heterocycles. The first-order chi connectivity index (χ1) is 9.17. The van der Waals surface area contributed by atoms with Gasteiger partial charge >= 0.3 is 11.9 Å². The Bertz CT molecular complexity index is 452. The van der Waals surface area contributed by atoms with Crippen molar-refractivity contribution in [1.82, 2.24) is 0 Å². The lowest BCUT2D eigenvalue weighted by atomic mass is 9.81. The highest BCUT2D eigenvalue weighted by Crippen LogP contribution is 2.36. The van der Waals surface area contributed by atoms with Gasteiger partial charge in [0, 0.05) is 0 Å². The fraction of sp³-hybridized carbons (Fsp3) is 0.500. The first-order valence-electron chi connectivity index (χ1n) is 6.97. The zero-order valence-electron chi connectivity index (χ0n) is 11.5. The van der Waals surface area contributed by atoms with E-state index in [-0.39, 0.29) is 23.8 Å². The fourth-order valence-electron chi connectivity index (χ4n) is 2.86. The summed E-state index contributed by atoms with van der Waals surface area (Å²) in [5.74, 6) is -0.918. The summed E-state index contributed by atoms with van der Waals surface area (Å²) in [5.41, 5.74) is 1.23. The van der Waals surface area contributed by atoms with Gasteiger partial charge in [0.05, 0.1) is 11.8 Å². The molecule has 0 aliphatic carbocycles. The average molecular weight is 260 g/mol. The summed E-state index contributed by atoms with van der Waals surface area (Å²) in [7, 11) is 0. The van der Waals surface area contributed by atoms with E-state index in [2.05, 4.69) is 19.1 Å². The Morgan fingerprint density at radius 1 is 1.05 bits per heavy atom. The van der Waals surface area contributed by atoms with Gasteiger partial charge in [0.25, 0.3) is 0 Å². The van der Waals surface area contributed by atoms with Crippen LogP contribution >= 0.6 is 0 Å². The van der Waals surface area contributed by atoms with Gasteiger partial charge in [0.2, 0.25) is 0 Å². The van der Waals surface area contributed by atoms with Crippen molar-refractivity contribution in [3.8, 4) is 0 Å². The summed E-state index contributed by atoms with van der Waals surface area (Å²) in [5, 5.41) is 0. The Hall–Kier alpha value is -1.64. The molecule has 1 aliphatic rings. The number of hydrogen-bond acceptors (Lipinski definition) is 3. The van der Waals surface area contributed by atoms with E-state index >= 15 is 0 Å². The fourth-order valence-corrected chi connectivity index (χ4v) is 2.86. The van der Waals surface area contributed by atoms with E-state index in [0.29, 0.717) is 18.8 Å². The minimum absolute atomic E-state index is 0.259. The van der Waals surface area contributed by atoms with Crippen molar-refractivity contribution in [2.45, 2.75) is 39.0 Å². The van der Waals surface area contributed by atoms with Crippen LogP contribution in [0.15, 0.2) is 30.3 Å². The topological polar surface area (TPSA) is 43.4 Å². The molecule has 0 N–H and O–H groups in total. The first-order valence-corrected chi connectivity index (χ1v) is 6.97. The molecule has 0 saturated carbocycles. The smallest absolute Gasteiger partial charge is 0.317 e. The van der Waals surface area contributed by atoms with Crippen LogP contribution < -0.4 is 0 Å². The van der Waals surface area contributed by atoms with E-state index in [9.17, 15) is 9.59 Å². The Morgan fingerprint density at radius 2 is 1.68 bits per heavy atom. The lowest BCUT2D eigenvalue weighted by Crippen LogP contribution is -2.20. The lowest BCUT2D eigenvalue weighted by Gasteiger charge is -2.20. The molecule has 3 unspecified atom stereocenters. The van der Waals surface area contributed by atoms with Crippen molar-refractivity contribution in [2.24, 2.45) is 11.8 Å². The molecule has 0 spiro atoms. The number of carbonyl (C=O) groups excluding carboxylic acids is 2. The molecule has 3 atom stereocenters. The van der Waals surface area contributed by atoms with Crippen LogP contribution in [-0.2, 0) is 14.3 Å². The molecule has 0 aromatic heterocycles. The van der Waals surface area contributed by atoms with Crippen molar-refractivity contribution in [1.29, 1.82) is 0 Å². The molecule has 19 heavy (non-hydrogen) atoms. The third-order valence-electron chi connectivity index (χ3n) is 4.03. The van der Waals surface area contributed by atoms with Crippen LogP contribution in [0.2, 0.25) is 0 Å². The van der Waals surface area contributed by atoms with Gasteiger partial charge in [-0.15, -0.1) is 0 Å². The largest absolute Gasteiger partial charge is 0.393 e. The SMILES string of the molecule is CCC(CC1C(=O)OC(=O)C1CC)c1ccccc1. The summed E-state index contributed by atoms with van der Waals surface area (Å²) >= 11 is 0. The average Bonchev–Trinajstić information content (AvgIpc) is 2.70. The van der Waals surface area contributed by atoms with Crippen LogP contribution in [0, 0.1) is 11.8 Å². The number of cyclic esters (lactones) is 2. The lowest BCUT2D eigenvalue weighted by molar-refractivity contribution is -0.153. The predicted octanol–water partition coefficient (Wildman–Crippen LogP) is 3.30. The molecule has 0 bridgehead atoms. The second kappa shape index (κ2) is 6.00. The number of rotatable bonds is 5. The van der Waals surface area contributed by atoms with Crippen molar-refractivity contribution in [2.75, 3.05) is 0 Å². The zero-order chi connectivity index (χ0) is 13.8. The van der Waals surface area contributed by atoms with Crippen molar-refractivity contribution in [3.05, 3.63) is 35.9 Å². The number of carbonyl (C=O) groups is 2. The van der Waals surface area contributed by atoms with Crippen LogP contribution in [0.5, 0.6) is 0 Å². The molecule has 2 rings (SSSR count). The highest BCUT2D eigenvalue weighted by atomic mass is 16.6. The van der Waals surface area contributed by atoms with Gasteiger partial charge in [0.15, 0.2) is 0 Å². The second-order valence-electron chi connectivity index (χ2n) is 5.11. The van der Waals surface area contributed by atoms with Gasteiger partial charge in [-0.2, -0.15) is 0 Å². The van der Waals surface area contributed by atoms with Crippen molar-refractivity contribution in [3.63, 3.8) is 0 Å². The second-order valence-corrected chi connectivity index (χ2v) is 5.11. The summed E-state index contributed by atoms with van der Waals surface area (Å²) in [6.45, 7) is 4.04. The maximum atomic E-state index is 11.8. The quantitative estimate of drug-likeness (QED) is 0.602. The summed E-state index contributed by atoms with van der Waals surface area (Å²) in [6.07, 6.45) is 2.32. The Labute approximate surface area is 114 Å². The molecule has 1 heterocycles. The highest BCUT2D eigenvalue weighted by molar-refractivity contribution is 5.96. The van der Waals surface area contributed by atoms with E-state index in [0.717, 1.165) is 6.42 Å². The Balaban J connectivity index is 2.14. The summed E-state index contributed by atoms with van der Waals surface area (Å²) in [4.78, 5) is 23.4. The molecule has 1 aromatic carbocycles. The van der Waals surface area contributed by atoms with Crippen LogP contribution in [0.25, 0.3) is 0 Å². The highest BCUT2D eigenvalue weighted by Gasteiger charge is 2.43. The maximum Gasteiger partial charge on any atom is 0.317 e. The van der Waals surface area contributed by atoms with Gasteiger partial charge in [-0.25, -0.2) is 0 Å². The maximum absolute atomic E-state index is 11.8. The van der Waals surface area contributed by atoms with Gasteiger partial charge in [-0.1, -0.05) is 44.2 Å². The van der Waals surface area contributed by atoms with E-state index in [4.69, 9.17) is 4.74 Å². The molecule has 0 radical (unpaired) electrons. The van der Waals surface area contributed by atoms with Gasteiger partial charge < -0.3 is 4.74 Å². The molecule has 1 aromatic rings. The minimum Gasteiger partial charge on any atom is -0.393 e. The standard InChI is InChI=1S/C16H20O3/c1-3-11(12-8-6-5-7-9-12)10-14-13(4-2)15(17)19-16(14)18/h5-9,11,13-14H,3-4,10H2,1-2H3. The molecule has 3 heteroatoms. The molecule has 3 nitrogen and oxygen atoms in total. The van der Waals surface area contributed by atoms with Gasteiger partial charge in [0.1, 0.15) is 0 Å². The normalized spacial score (nSPS) is 24.3. The van der Waals surface area contributed by atoms with Crippen molar-refractivity contribution >= 4 is 11.9 Å². The van der Waals surface area contributed by atoms with Gasteiger partial charge in [-0.3, -0.25) is 9.59 Å². The number of benzene rings is 1. The van der Waals surface area contributed by atoms with E-state index in [1.165, 1.54) is 5.56 Å². The third-order valence-corrected chi connectivity index (χ3v) is 4.03. The Morgan fingerprint density at radius 3 is 2.26 bits per heavy atom. The van der Waals surface area contributed by atoms with Crippen LogP contribution in [0.1, 0.15) is 44.6 Å².